The summed E-state index contributed by atoms with van der Waals surface area (Å²) in [7, 11) is 0. The van der Waals surface area contributed by atoms with Gasteiger partial charge in [0.15, 0.2) is 17.4 Å². The minimum atomic E-state index is -1.27. The molecule has 0 atom stereocenters. The number of rotatable bonds is 2. The molecule has 0 aromatic heterocycles. The molecule has 2 N–H and O–H groups in total. The van der Waals surface area contributed by atoms with Crippen LogP contribution in [0.4, 0.5) is 18.9 Å². The SMILES string of the molecule is Nc1c(F)cccc1C(=O)c1cccc(F)c1F. The van der Waals surface area contributed by atoms with Gasteiger partial charge in [-0.05, 0) is 24.3 Å². The first-order valence-corrected chi connectivity index (χ1v) is 5.05. The molecule has 0 saturated heterocycles. The third-order valence-corrected chi connectivity index (χ3v) is 2.49. The largest absolute Gasteiger partial charge is 0.396 e. The number of nitrogens with two attached hydrogens (primary N) is 1. The van der Waals surface area contributed by atoms with Crippen molar-refractivity contribution in [1.82, 2.24) is 0 Å². The van der Waals surface area contributed by atoms with Crippen molar-refractivity contribution in [2.75, 3.05) is 5.73 Å². The van der Waals surface area contributed by atoms with Gasteiger partial charge in [-0.3, -0.25) is 4.79 Å². The maximum Gasteiger partial charge on any atom is 0.198 e. The summed E-state index contributed by atoms with van der Waals surface area (Å²) in [6, 6.07) is 6.81. The second kappa shape index (κ2) is 4.52. The van der Waals surface area contributed by atoms with E-state index >= 15 is 0 Å². The summed E-state index contributed by atoms with van der Waals surface area (Å²) in [5, 5.41) is 0. The average Bonchev–Trinajstić information content (AvgIpc) is 2.35. The van der Waals surface area contributed by atoms with E-state index < -0.39 is 28.8 Å². The number of para-hydroxylation sites is 1. The minimum Gasteiger partial charge on any atom is -0.396 e. The Kier molecular flexibility index (Phi) is 3.06. The van der Waals surface area contributed by atoms with Crippen LogP contribution in [0, 0.1) is 17.5 Å². The molecule has 92 valence electrons. The number of hydrogen-bond acceptors (Lipinski definition) is 2. The van der Waals surface area contributed by atoms with Crippen molar-refractivity contribution in [2.24, 2.45) is 0 Å². The van der Waals surface area contributed by atoms with Crippen LogP contribution < -0.4 is 5.73 Å². The van der Waals surface area contributed by atoms with Crippen molar-refractivity contribution in [3.8, 4) is 0 Å². The van der Waals surface area contributed by atoms with Gasteiger partial charge in [-0.25, -0.2) is 13.2 Å². The molecule has 0 aliphatic heterocycles. The van der Waals surface area contributed by atoms with Crippen molar-refractivity contribution >= 4 is 11.5 Å². The molecule has 0 radical (unpaired) electrons. The van der Waals surface area contributed by atoms with Crippen molar-refractivity contribution in [3.05, 3.63) is 65.0 Å². The number of halogens is 3. The van der Waals surface area contributed by atoms with E-state index in [0.29, 0.717) is 0 Å². The highest BCUT2D eigenvalue weighted by molar-refractivity contribution is 6.12. The van der Waals surface area contributed by atoms with E-state index in [0.717, 1.165) is 18.2 Å². The maximum absolute atomic E-state index is 13.4. The Morgan fingerprint density at radius 1 is 0.889 bits per heavy atom. The molecule has 0 fully saturated rings. The van der Waals surface area contributed by atoms with Gasteiger partial charge in [0.05, 0.1) is 11.3 Å². The number of ketones is 1. The monoisotopic (exact) mass is 251 g/mol. The molecule has 0 saturated carbocycles. The molecule has 2 aromatic carbocycles. The van der Waals surface area contributed by atoms with Crippen molar-refractivity contribution in [2.45, 2.75) is 0 Å². The van der Waals surface area contributed by atoms with Crippen LogP contribution in [0.3, 0.4) is 0 Å². The summed E-state index contributed by atoms with van der Waals surface area (Å²) in [6.07, 6.45) is 0. The van der Waals surface area contributed by atoms with Crippen LogP contribution in [-0.2, 0) is 0 Å². The van der Waals surface area contributed by atoms with Gasteiger partial charge >= 0.3 is 0 Å². The van der Waals surface area contributed by atoms with Gasteiger partial charge < -0.3 is 5.73 Å². The van der Waals surface area contributed by atoms with E-state index in [9.17, 15) is 18.0 Å². The Morgan fingerprint density at radius 3 is 2.11 bits per heavy atom. The highest BCUT2D eigenvalue weighted by atomic mass is 19.2. The number of nitrogen functional groups attached to an aromatic ring is 1. The van der Waals surface area contributed by atoms with Crippen molar-refractivity contribution < 1.29 is 18.0 Å². The molecule has 0 amide bonds. The van der Waals surface area contributed by atoms with Crippen LogP contribution in [0.25, 0.3) is 0 Å². The standard InChI is InChI=1S/C13H8F3NO/c14-9-5-1-3-7(11(9)16)13(18)8-4-2-6-10(15)12(8)17/h1-6H,17H2. The number of carbonyl (C=O) groups is 1. The first kappa shape index (κ1) is 12.2. The summed E-state index contributed by atoms with van der Waals surface area (Å²) < 4.78 is 39.6. The van der Waals surface area contributed by atoms with Crippen LogP contribution in [0.2, 0.25) is 0 Å². The zero-order valence-corrected chi connectivity index (χ0v) is 9.08. The second-order valence-corrected chi connectivity index (χ2v) is 3.63. The summed E-state index contributed by atoms with van der Waals surface area (Å²) in [5.41, 5.74) is 4.34. The molecule has 18 heavy (non-hydrogen) atoms. The van der Waals surface area contributed by atoms with Gasteiger partial charge in [-0.2, -0.15) is 0 Å². The third kappa shape index (κ3) is 1.95. The lowest BCUT2D eigenvalue weighted by Gasteiger charge is -2.06. The van der Waals surface area contributed by atoms with Gasteiger partial charge in [0.2, 0.25) is 0 Å². The van der Waals surface area contributed by atoms with Crippen LogP contribution in [0.15, 0.2) is 36.4 Å². The Balaban J connectivity index is 2.55. The smallest absolute Gasteiger partial charge is 0.198 e. The molecule has 0 bridgehead atoms. The summed E-state index contributed by atoms with van der Waals surface area (Å²) >= 11 is 0. The molecule has 0 aliphatic carbocycles. The van der Waals surface area contributed by atoms with Crippen LogP contribution in [0.1, 0.15) is 15.9 Å². The summed E-state index contributed by atoms with van der Waals surface area (Å²) in [6.45, 7) is 0. The van der Waals surface area contributed by atoms with Crippen molar-refractivity contribution in [1.29, 1.82) is 0 Å². The average molecular weight is 251 g/mol. The lowest BCUT2D eigenvalue weighted by molar-refractivity contribution is 0.103. The van der Waals surface area contributed by atoms with Crippen LogP contribution in [0.5, 0.6) is 0 Å². The molecule has 0 unspecified atom stereocenters. The molecule has 0 aliphatic rings. The molecular formula is C13H8F3NO. The first-order chi connectivity index (χ1) is 8.52. The third-order valence-electron chi connectivity index (χ3n) is 2.49. The van der Waals surface area contributed by atoms with E-state index in [1.807, 2.05) is 0 Å². The maximum atomic E-state index is 13.4. The zero-order chi connectivity index (χ0) is 13.3. The fraction of sp³-hybridized carbons (Fsp3) is 0. The topological polar surface area (TPSA) is 43.1 Å². The van der Waals surface area contributed by atoms with Gasteiger partial charge in [-0.15, -0.1) is 0 Å². The molecule has 0 spiro atoms. The number of anilines is 1. The predicted molar refractivity (Wildman–Crippen MR) is 60.6 cm³/mol. The second-order valence-electron chi connectivity index (χ2n) is 3.63. The highest BCUT2D eigenvalue weighted by Gasteiger charge is 2.19. The van der Waals surface area contributed by atoms with Gasteiger partial charge in [-0.1, -0.05) is 12.1 Å². The number of benzene rings is 2. The lowest BCUT2D eigenvalue weighted by atomic mass is 10.0. The zero-order valence-electron chi connectivity index (χ0n) is 9.08. The molecule has 2 rings (SSSR count). The number of carbonyl (C=O) groups excluding carboxylic acids is 1. The van der Waals surface area contributed by atoms with Gasteiger partial charge in [0.1, 0.15) is 5.82 Å². The van der Waals surface area contributed by atoms with Crippen LogP contribution in [-0.4, -0.2) is 5.78 Å². The van der Waals surface area contributed by atoms with E-state index in [4.69, 9.17) is 5.73 Å². The normalized spacial score (nSPS) is 10.4. The molecular weight excluding hydrogens is 243 g/mol. The van der Waals surface area contributed by atoms with E-state index in [1.165, 1.54) is 18.2 Å². The summed E-state index contributed by atoms with van der Waals surface area (Å²) in [5.74, 6) is -4.05. The van der Waals surface area contributed by atoms with Gasteiger partial charge in [0.25, 0.3) is 0 Å². The van der Waals surface area contributed by atoms with E-state index in [1.54, 1.807) is 0 Å². The van der Waals surface area contributed by atoms with Crippen molar-refractivity contribution in [3.63, 3.8) is 0 Å². The van der Waals surface area contributed by atoms with E-state index in [2.05, 4.69) is 0 Å². The quantitative estimate of drug-likeness (QED) is 0.658. The molecule has 2 nitrogen and oxygen atoms in total. The number of hydrogen-bond donors (Lipinski definition) is 1. The Morgan fingerprint density at radius 2 is 1.44 bits per heavy atom. The summed E-state index contributed by atoms with van der Waals surface area (Å²) in [4.78, 5) is 11.9. The van der Waals surface area contributed by atoms with E-state index in [-0.39, 0.29) is 11.3 Å². The van der Waals surface area contributed by atoms with Crippen LogP contribution >= 0.6 is 0 Å². The first-order valence-electron chi connectivity index (χ1n) is 5.05. The fourth-order valence-electron chi connectivity index (χ4n) is 1.56. The Bertz CT molecular complexity index is 572. The molecule has 0 heterocycles. The Hall–Kier alpha value is -2.30. The minimum absolute atomic E-state index is 0.195. The van der Waals surface area contributed by atoms with Gasteiger partial charge in [0, 0.05) is 5.56 Å². The molecule has 5 heteroatoms. The molecule has 2 aromatic rings. The lowest BCUT2D eigenvalue weighted by Crippen LogP contribution is -2.09. The Labute approximate surface area is 101 Å². The highest BCUT2D eigenvalue weighted by Crippen LogP contribution is 2.21. The predicted octanol–water partition coefficient (Wildman–Crippen LogP) is 2.92. The fourth-order valence-corrected chi connectivity index (χ4v) is 1.56.